The second kappa shape index (κ2) is 5.74. The number of hydrogen-bond acceptors (Lipinski definition) is 2. The highest BCUT2D eigenvalue weighted by Crippen LogP contribution is 2.36. The Bertz CT molecular complexity index is 456. The van der Waals surface area contributed by atoms with Crippen LogP contribution in [0.3, 0.4) is 0 Å². The molecule has 0 fully saturated rings. The van der Waals surface area contributed by atoms with Crippen LogP contribution in [0.15, 0.2) is 24.3 Å². The first kappa shape index (κ1) is 14.1. The van der Waals surface area contributed by atoms with Crippen molar-refractivity contribution in [2.24, 2.45) is 5.73 Å². The van der Waals surface area contributed by atoms with Gasteiger partial charge in [-0.1, -0.05) is 31.2 Å². The zero-order chi connectivity index (χ0) is 13.9. The van der Waals surface area contributed by atoms with Gasteiger partial charge >= 0.3 is 0 Å². The molecule has 3 heteroatoms. The number of fused-ring (bicyclic) bond motifs is 1. The minimum absolute atomic E-state index is 0.0549. The molecule has 3 nitrogen and oxygen atoms in total. The summed E-state index contributed by atoms with van der Waals surface area (Å²) in [5.41, 5.74) is 8.53. The van der Waals surface area contributed by atoms with Gasteiger partial charge in [0.15, 0.2) is 0 Å². The molecule has 19 heavy (non-hydrogen) atoms. The predicted molar refractivity (Wildman–Crippen MR) is 78.0 cm³/mol. The molecule has 0 bridgehead atoms. The molecular weight excluding hydrogens is 236 g/mol. The zero-order valence-corrected chi connectivity index (χ0v) is 11.9. The third kappa shape index (κ3) is 3.35. The van der Waals surface area contributed by atoms with Crippen LogP contribution in [0, 0.1) is 0 Å². The van der Waals surface area contributed by atoms with Gasteiger partial charge < -0.3 is 11.1 Å². The molecule has 1 aliphatic carbocycles. The van der Waals surface area contributed by atoms with Crippen LogP contribution >= 0.6 is 0 Å². The maximum absolute atomic E-state index is 11.8. The lowest BCUT2D eigenvalue weighted by Gasteiger charge is -2.36. The van der Waals surface area contributed by atoms with Gasteiger partial charge in [-0.25, -0.2) is 0 Å². The summed E-state index contributed by atoms with van der Waals surface area (Å²) in [5.74, 6) is 0.0549. The van der Waals surface area contributed by atoms with Crippen LogP contribution in [0.2, 0.25) is 0 Å². The lowest BCUT2D eigenvalue weighted by atomic mass is 9.71. The zero-order valence-electron chi connectivity index (χ0n) is 11.9. The van der Waals surface area contributed by atoms with Crippen molar-refractivity contribution < 1.29 is 4.79 Å². The number of nitrogens with one attached hydrogen (secondary N) is 1. The fourth-order valence-electron chi connectivity index (χ4n) is 2.97. The minimum Gasteiger partial charge on any atom is -0.355 e. The first-order valence-electron chi connectivity index (χ1n) is 7.12. The van der Waals surface area contributed by atoms with E-state index in [1.165, 1.54) is 17.5 Å². The number of rotatable bonds is 4. The van der Waals surface area contributed by atoms with Gasteiger partial charge in [0.05, 0.1) is 0 Å². The average molecular weight is 260 g/mol. The summed E-state index contributed by atoms with van der Waals surface area (Å²) < 4.78 is 0. The van der Waals surface area contributed by atoms with Gasteiger partial charge in [0, 0.05) is 24.4 Å². The predicted octanol–water partition coefficient (Wildman–Crippen LogP) is 2.13. The summed E-state index contributed by atoms with van der Waals surface area (Å²) in [6, 6.07) is 8.51. The number of carbonyl (C=O) groups is 1. The van der Waals surface area contributed by atoms with Crippen LogP contribution in [-0.2, 0) is 16.6 Å². The van der Waals surface area contributed by atoms with Crippen molar-refractivity contribution in [3.8, 4) is 0 Å². The van der Waals surface area contributed by atoms with Crippen LogP contribution in [0.25, 0.3) is 0 Å². The van der Waals surface area contributed by atoms with Gasteiger partial charge in [0.25, 0.3) is 0 Å². The van der Waals surface area contributed by atoms with Gasteiger partial charge in [-0.2, -0.15) is 0 Å². The van der Waals surface area contributed by atoms with Gasteiger partial charge in [-0.05, 0) is 37.3 Å². The third-order valence-electron chi connectivity index (χ3n) is 4.03. The molecule has 0 aliphatic heterocycles. The van der Waals surface area contributed by atoms with Gasteiger partial charge in [-0.3, -0.25) is 4.79 Å². The Hall–Kier alpha value is -1.35. The number of nitrogens with two attached hydrogens (primary N) is 1. The molecule has 0 aromatic heterocycles. The average Bonchev–Trinajstić information content (AvgIpc) is 2.36. The molecule has 3 N–H and O–H groups in total. The summed E-state index contributed by atoms with van der Waals surface area (Å²) in [6.07, 6.45) is 3.87. The Morgan fingerprint density at radius 2 is 2.21 bits per heavy atom. The monoisotopic (exact) mass is 260 g/mol. The maximum Gasteiger partial charge on any atom is 0.221 e. The number of amides is 1. The first-order chi connectivity index (χ1) is 9.01. The maximum atomic E-state index is 11.8. The topological polar surface area (TPSA) is 55.1 Å². The Morgan fingerprint density at radius 1 is 1.47 bits per heavy atom. The molecule has 1 aromatic carbocycles. The van der Waals surface area contributed by atoms with E-state index in [0.29, 0.717) is 13.0 Å². The fraction of sp³-hybridized carbons (Fsp3) is 0.562. The Morgan fingerprint density at radius 3 is 2.95 bits per heavy atom. The fourth-order valence-corrected chi connectivity index (χ4v) is 2.97. The van der Waals surface area contributed by atoms with Gasteiger partial charge in [0.2, 0.25) is 5.91 Å². The van der Waals surface area contributed by atoms with Crippen molar-refractivity contribution in [1.82, 2.24) is 5.32 Å². The molecule has 104 valence electrons. The highest BCUT2D eigenvalue weighted by atomic mass is 16.1. The number of aryl methyl sites for hydroxylation is 1. The molecule has 1 aliphatic rings. The lowest BCUT2D eigenvalue weighted by molar-refractivity contribution is -0.121. The molecule has 0 heterocycles. The Kier molecular flexibility index (Phi) is 4.25. The van der Waals surface area contributed by atoms with E-state index < -0.39 is 0 Å². The van der Waals surface area contributed by atoms with Crippen LogP contribution in [0.5, 0.6) is 0 Å². The van der Waals surface area contributed by atoms with E-state index in [9.17, 15) is 4.79 Å². The largest absolute Gasteiger partial charge is 0.355 e. The standard InChI is InChI=1S/C16H24N2O/c1-12(17)10-15(19)18-11-16(2)9-5-7-13-6-3-4-8-14(13)16/h3-4,6,8,12H,5,7,9-11,17H2,1-2H3,(H,18,19). The molecule has 2 atom stereocenters. The lowest BCUT2D eigenvalue weighted by Crippen LogP contribution is -2.42. The van der Waals surface area contributed by atoms with Gasteiger partial charge in [0.1, 0.15) is 0 Å². The van der Waals surface area contributed by atoms with E-state index in [4.69, 9.17) is 5.73 Å². The quantitative estimate of drug-likeness (QED) is 0.871. The van der Waals surface area contributed by atoms with Crippen molar-refractivity contribution in [1.29, 1.82) is 0 Å². The van der Waals surface area contributed by atoms with E-state index in [0.717, 1.165) is 12.8 Å². The van der Waals surface area contributed by atoms with Gasteiger partial charge in [-0.15, -0.1) is 0 Å². The molecule has 0 radical (unpaired) electrons. The normalized spacial score (nSPS) is 23.5. The molecule has 0 saturated carbocycles. The van der Waals surface area contributed by atoms with Crippen molar-refractivity contribution in [2.75, 3.05) is 6.54 Å². The number of hydrogen-bond donors (Lipinski definition) is 2. The van der Waals surface area contributed by atoms with Crippen LogP contribution in [0.4, 0.5) is 0 Å². The van der Waals surface area contributed by atoms with Crippen LogP contribution in [0.1, 0.15) is 44.2 Å². The summed E-state index contributed by atoms with van der Waals surface area (Å²) in [7, 11) is 0. The molecule has 1 aromatic rings. The molecule has 1 amide bonds. The molecule has 0 saturated heterocycles. The van der Waals surface area contributed by atoms with Crippen molar-refractivity contribution in [3.05, 3.63) is 35.4 Å². The van der Waals surface area contributed by atoms with E-state index in [2.05, 4.69) is 36.5 Å². The molecular formula is C16H24N2O. The van der Waals surface area contributed by atoms with Crippen molar-refractivity contribution in [3.63, 3.8) is 0 Å². The summed E-state index contributed by atoms with van der Waals surface area (Å²) in [6.45, 7) is 4.81. The second-order valence-electron chi connectivity index (χ2n) is 6.03. The van der Waals surface area contributed by atoms with E-state index in [1.807, 2.05) is 6.92 Å². The Balaban J connectivity index is 2.06. The molecule has 2 unspecified atom stereocenters. The summed E-state index contributed by atoms with van der Waals surface area (Å²) in [5, 5.41) is 3.05. The van der Waals surface area contributed by atoms with E-state index in [1.54, 1.807) is 0 Å². The minimum atomic E-state index is -0.0774. The Labute approximate surface area is 115 Å². The third-order valence-corrected chi connectivity index (χ3v) is 4.03. The SMILES string of the molecule is CC(N)CC(=O)NCC1(C)CCCc2ccccc21. The van der Waals surface area contributed by atoms with E-state index >= 15 is 0 Å². The molecule has 0 spiro atoms. The number of benzene rings is 1. The smallest absolute Gasteiger partial charge is 0.221 e. The van der Waals surface area contributed by atoms with E-state index in [-0.39, 0.29) is 17.4 Å². The van der Waals surface area contributed by atoms with Crippen molar-refractivity contribution in [2.45, 2.75) is 51.0 Å². The summed E-state index contributed by atoms with van der Waals surface area (Å²) in [4.78, 5) is 11.8. The number of carbonyl (C=O) groups excluding carboxylic acids is 1. The highest BCUT2D eigenvalue weighted by Gasteiger charge is 2.31. The summed E-state index contributed by atoms with van der Waals surface area (Å²) >= 11 is 0. The van der Waals surface area contributed by atoms with Crippen molar-refractivity contribution >= 4 is 5.91 Å². The second-order valence-corrected chi connectivity index (χ2v) is 6.03. The van der Waals surface area contributed by atoms with Crippen LogP contribution < -0.4 is 11.1 Å². The highest BCUT2D eigenvalue weighted by molar-refractivity contribution is 5.76. The first-order valence-corrected chi connectivity index (χ1v) is 7.12. The van der Waals surface area contributed by atoms with Crippen LogP contribution in [-0.4, -0.2) is 18.5 Å². The molecule has 2 rings (SSSR count).